The van der Waals surface area contributed by atoms with Crippen LogP contribution in [0, 0.1) is 0 Å². The molecule has 174 valence electrons. The summed E-state index contributed by atoms with van der Waals surface area (Å²) in [4.78, 5) is 27.2. The molecule has 32 heavy (non-hydrogen) atoms. The highest BCUT2D eigenvalue weighted by Crippen LogP contribution is 2.31. The predicted molar refractivity (Wildman–Crippen MR) is 131 cm³/mol. The van der Waals surface area contributed by atoms with Crippen molar-refractivity contribution >= 4 is 66.7 Å². The van der Waals surface area contributed by atoms with Gasteiger partial charge in [-0.1, -0.05) is 51.3 Å². The highest BCUT2D eigenvalue weighted by Gasteiger charge is 2.30. The molecule has 2 amide bonds. The van der Waals surface area contributed by atoms with Crippen LogP contribution >= 0.6 is 39.1 Å². The molecule has 0 saturated carbocycles. The van der Waals surface area contributed by atoms with Gasteiger partial charge >= 0.3 is 0 Å². The topological polar surface area (TPSA) is 86.8 Å². The minimum Gasteiger partial charge on any atom is -0.355 e. The van der Waals surface area contributed by atoms with E-state index in [0.29, 0.717) is 6.54 Å². The van der Waals surface area contributed by atoms with Crippen LogP contribution in [0.3, 0.4) is 0 Å². The number of anilines is 1. The molecule has 0 aliphatic rings. The second-order valence-electron chi connectivity index (χ2n) is 7.09. The van der Waals surface area contributed by atoms with Gasteiger partial charge < -0.3 is 10.2 Å². The number of sulfonamides is 1. The number of nitrogens with zero attached hydrogens (tertiary/aromatic N) is 2. The van der Waals surface area contributed by atoms with Gasteiger partial charge in [0, 0.05) is 22.6 Å². The Labute approximate surface area is 206 Å². The normalized spacial score (nSPS) is 12.2. The zero-order valence-electron chi connectivity index (χ0n) is 17.8. The molecule has 7 nitrogen and oxygen atoms in total. The van der Waals surface area contributed by atoms with Crippen molar-refractivity contribution < 1.29 is 18.0 Å². The van der Waals surface area contributed by atoms with Gasteiger partial charge in [-0.25, -0.2) is 8.42 Å². The highest BCUT2D eigenvalue weighted by atomic mass is 79.9. The van der Waals surface area contributed by atoms with E-state index in [2.05, 4.69) is 21.2 Å². The first-order chi connectivity index (χ1) is 14.9. The van der Waals surface area contributed by atoms with E-state index in [1.54, 1.807) is 13.8 Å². The molecular weight excluding hydrogens is 541 g/mol. The molecule has 0 radical (unpaired) electrons. The van der Waals surface area contributed by atoms with Crippen molar-refractivity contribution in [1.82, 2.24) is 10.2 Å². The minimum atomic E-state index is -3.89. The highest BCUT2D eigenvalue weighted by molar-refractivity contribution is 9.10. The molecular formula is C21H24BrCl2N3O4S. The molecule has 0 aliphatic carbocycles. The molecule has 1 N–H and O–H groups in total. The fraction of sp³-hybridized carbons (Fsp3) is 0.333. The summed E-state index contributed by atoms with van der Waals surface area (Å²) < 4.78 is 26.8. The summed E-state index contributed by atoms with van der Waals surface area (Å²) in [6.45, 7) is 3.33. The van der Waals surface area contributed by atoms with E-state index in [9.17, 15) is 18.0 Å². The van der Waals surface area contributed by atoms with Crippen molar-refractivity contribution in [2.45, 2.75) is 26.4 Å². The molecule has 0 aliphatic heterocycles. The lowest BCUT2D eigenvalue weighted by molar-refractivity contribution is -0.139. The van der Waals surface area contributed by atoms with Crippen LogP contribution in [-0.4, -0.2) is 50.5 Å². The van der Waals surface area contributed by atoms with Crippen LogP contribution in [-0.2, 0) is 26.2 Å². The number of rotatable bonds is 9. The summed E-state index contributed by atoms with van der Waals surface area (Å²) in [5.74, 6) is -0.910. The van der Waals surface area contributed by atoms with Gasteiger partial charge in [-0.05, 0) is 49.7 Å². The Hall–Kier alpha value is -1.81. The molecule has 2 aromatic carbocycles. The molecule has 1 atom stereocenters. The third-order valence-electron chi connectivity index (χ3n) is 4.62. The number of halogens is 3. The fourth-order valence-corrected chi connectivity index (χ4v) is 4.74. The van der Waals surface area contributed by atoms with E-state index in [1.165, 1.54) is 23.1 Å². The van der Waals surface area contributed by atoms with Crippen molar-refractivity contribution in [2.75, 3.05) is 23.7 Å². The molecule has 2 rings (SSSR count). The number of likely N-dealkylation sites (N-methyl/N-ethyl adjacent to an activating group) is 1. The fourth-order valence-electron chi connectivity index (χ4n) is 3.01. The van der Waals surface area contributed by atoms with Gasteiger partial charge in [0.2, 0.25) is 21.8 Å². The van der Waals surface area contributed by atoms with Crippen LogP contribution in [0.5, 0.6) is 0 Å². The monoisotopic (exact) mass is 563 g/mol. The molecule has 0 bridgehead atoms. The van der Waals surface area contributed by atoms with Crippen molar-refractivity contribution in [2.24, 2.45) is 0 Å². The maximum absolute atomic E-state index is 13.4. The number of carbonyl (C=O) groups is 2. The van der Waals surface area contributed by atoms with Gasteiger partial charge in [-0.3, -0.25) is 13.9 Å². The van der Waals surface area contributed by atoms with E-state index in [4.69, 9.17) is 23.2 Å². The minimum absolute atomic E-state index is 0.0862. The lowest BCUT2D eigenvalue weighted by Gasteiger charge is -2.31. The Morgan fingerprint density at radius 2 is 1.84 bits per heavy atom. The number of hydrogen-bond acceptors (Lipinski definition) is 4. The Bertz CT molecular complexity index is 1100. The quantitative estimate of drug-likeness (QED) is 0.497. The third-order valence-corrected chi connectivity index (χ3v) is 6.79. The summed E-state index contributed by atoms with van der Waals surface area (Å²) in [7, 11) is -3.89. The van der Waals surface area contributed by atoms with Gasteiger partial charge in [0.05, 0.1) is 17.0 Å². The second-order valence-corrected chi connectivity index (χ2v) is 10.8. The first-order valence-corrected chi connectivity index (χ1v) is 13.1. The molecule has 0 aromatic heterocycles. The molecule has 11 heteroatoms. The molecule has 1 unspecified atom stereocenters. The molecule has 0 heterocycles. The Balaban J connectivity index is 2.43. The molecule has 2 aromatic rings. The number of amides is 2. The van der Waals surface area contributed by atoms with E-state index in [-0.39, 0.29) is 28.2 Å². The average Bonchev–Trinajstić information content (AvgIpc) is 2.71. The largest absolute Gasteiger partial charge is 0.355 e. The van der Waals surface area contributed by atoms with Gasteiger partial charge in [-0.2, -0.15) is 0 Å². The zero-order valence-corrected chi connectivity index (χ0v) is 21.7. The van der Waals surface area contributed by atoms with Crippen LogP contribution in [0.25, 0.3) is 0 Å². The van der Waals surface area contributed by atoms with E-state index < -0.39 is 28.5 Å². The summed E-state index contributed by atoms with van der Waals surface area (Å²) in [6.07, 6.45) is 0.976. The summed E-state index contributed by atoms with van der Waals surface area (Å²) in [5, 5.41) is 3.10. The average molecular weight is 565 g/mol. The van der Waals surface area contributed by atoms with Crippen LogP contribution in [0.1, 0.15) is 19.4 Å². The van der Waals surface area contributed by atoms with Crippen molar-refractivity contribution in [1.29, 1.82) is 0 Å². The summed E-state index contributed by atoms with van der Waals surface area (Å²) in [5.41, 5.74) is 0.860. The third kappa shape index (κ3) is 7.10. The number of benzene rings is 2. The number of nitrogens with one attached hydrogen (secondary N) is 1. The lowest BCUT2D eigenvalue weighted by Crippen LogP contribution is -2.51. The maximum Gasteiger partial charge on any atom is 0.244 e. The molecule has 0 fully saturated rings. The predicted octanol–water partition coefficient (Wildman–Crippen LogP) is 4.08. The molecule has 0 spiro atoms. The van der Waals surface area contributed by atoms with Crippen molar-refractivity contribution in [3.8, 4) is 0 Å². The first kappa shape index (κ1) is 26.4. The van der Waals surface area contributed by atoms with Crippen LogP contribution in [0.4, 0.5) is 5.69 Å². The summed E-state index contributed by atoms with van der Waals surface area (Å²) in [6, 6.07) is 10.8. The smallest absolute Gasteiger partial charge is 0.244 e. The first-order valence-electron chi connectivity index (χ1n) is 9.68. The van der Waals surface area contributed by atoms with Gasteiger partial charge in [0.15, 0.2) is 0 Å². The Morgan fingerprint density at radius 1 is 1.16 bits per heavy atom. The van der Waals surface area contributed by atoms with E-state index >= 15 is 0 Å². The maximum atomic E-state index is 13.4. The Kier molecular flexibility index (Phi) is 9.39. The van der Waals surface area contributed by atoms with E-state index in [1.807, 2.05) is 24.3 Å². The van der Waals surface area contributed by atoms with Crippen molar-refractivity contribution in [3.05, 3.63) is 62.5 Å². The van der Waals surface area contributed by atoms with Crippen LogP contribution in [0.2, 0.25) is 10.0 Å². The van der Waals surface area contributed by atoms with Crippen molar-refractivity contribution in [3.63, 3.8) is 0 Å². The van der Waals surface area contributed by atoms with Crippen LogP contribution in [0.15, 0.2) is 46.9 Å². The SMILES string of the molecule is CCNC(=O)C(C)N(Cc1cccc(Br)c1)C(=O)CN(c1cc(Cl)ccc1Cl)S(C)(=O)=O. The molecule has 0 saturated heterocycles. The lowest BCUT2D eigenvalue weighted by atomic mass is 10.1. The summed E-state index contributed by atoms with van der Waals surface area (Å²) >= 11 is 15.6. The van der Waals surface area contributed by atoms with E-state index in [0.717, 1.165) is 20.6 Å². The standard InChI is InChI=1S/C21H24BrCl2N3O4S/c1-4-25-21(29)14(2)26(12-15-6-5-7-16(22)10-15)20(28)13-27(32(3,30)31)19-11-17(23)8-9-18(19)24/h5-11,14H,4,12-13H2,1-3H3,(H,25,29). The number of hydrogen-bond donors (Lipinski definition) is 1. The Morgan fingerprint density at radius 3 is 2.44 bits per heavy atom. The number of carbonyl (C=O) groups excluding carboxylic acids is 2. The second kappa shape index (κ2) is 11.4. The van der Waals surface area contributed by atoms with Gasteiger partial charge in [0.25, 0.3) is 0 Å². The van der Waals surface area contributed by atoms with Gasteiger partial charge in [-0.15, -0.1) is 0 Å². The van der Waals surface area contributed by atoms with Crippen LogP contribution < -0.4 is 9.62 Å². The zero-order chi connectivity index (χ0) is 24.1. The van der Waals surface area contributed by atoms with Gasteiger partial charge in [0.1, 0.15) is 12.6 Å².